The predicted molar refractivity (Wildman–Crippen MR) is 89.4 cm³/mol. The standard InChI is InChI=1S/C20H25N/c1-2-21-20(17-11-7-4-8-12-17)14-13-18-15-19(18)16-9-5-3-6-10-16/h3-12,18-21H,2,13-15H2,1H3. The van der Waals surface area contributed by atoms with Crippen LogP contribution in [0.4, 0.5) is 0 Å². The van der Waals surface area contributed by atoms with Crippen LogP contribution in [-0.4, -0.2) is 6.54 Å². The molecular weight excluding hydrogens is 254 g/mol. The maximum Gasteiger partial charge on any atom is 0.0320 e. The highest BCUT2D eigenvalue weighted by molar-refractivity contribution is 5.25. The molecule has 1 saturated carbocycles. The fourth-order valence-electron chi connectivity index (χ4n) is 3.37. The van der Waals surface area contributed by atoms with Crippen molar-refractivity contribution in [3.8, 4) is 0 Å². The smallest absolute Gasteiger partial charge is 0.0320 e. The third-order valence-electron chi connectivity index (χ3n) is 4.63. The van der Waals surface area contributed by atoms with Crippen LogP contribution < -0.4 is 5.32 Å². The molecule has 2 aromatic carbocycles. The van der Waals surface area contributed by atoms with Crippen molar-refractivity contribution >= 4 is 0 Å². The van der Waals surface area contributed by atoms with Crippen LogP contribution in [0.3, 0.4) is 0 Å². The van der Waals surface area contributed by atoms with Crippen molar-refractivity contribution in [2.75, 3.05) is 6.54 Å². The number of hydrogen-bond donors (Lipinski definition) is 1. The Kier molecular flexibility index (Phi) is 4.72. The molecule has 1 aliphatic rings. The van der Waals surface area contributed by atoms with Gasteiger partial charge in [-0.1, -0.05) is 67.6 Å². The van der Waals surface area contributed by atoms with Crippen molar-refractivity contribution in [1.29, 1.82) is 0 Å². The van der Waals surface area contributed by atoms with Gasteiger partial charge in [-0.3, -0.25) is 0 Å². The lowest BCUT2D eigenvalue weighted by molar-refractivity contribution is 0.478. The highest BCUT2D eigenvalue weighted by Gasteiger charge is 2.37. The van der Waals surface area contributed by atoms with Gasteiger partial charge in [0.1, 0.15) is 0 Å². The third-order valence-corrected chi connectivity index (χ3v) is 4.63. The second kappa shape index (κ2) is 6.91. The summed E-state index contributed by atoms with van der Waals surface area (Å²) >= 11 is 0. The van der Waals surface area contributed by atoms with Gasteiger partial charge in [-0.2, -0.15) is 0 Å². The second-order valence-electron chi connectivity index (χ2n) is 6.11. The Labute approximate surface area is 128 Å². The third kappa shape index (κ3) is 3.74. The molecule has 0 spiro atoms. The summed E-state index contributed by atoms with van der Waals surface area (Å²) in [7, 11) is 0. The van der Waals surface area contributed by atoms with E-state index >= 15 is 0 Å². The molecule has 3 rings (SSSR count). The van der Waals surface area contributed by atoms with E-state index in [0.717, 1.165) is 18.4 Å². The van der Waals surface area contributed by atoms with Crippen LogP contribution in [0.5, 0.6) is 0 Å². The van der Waals surface area contributed by atoms with E-state index in [1.165, 1.54) is 30.4 Å². The summed E-state index contributed by atoms with van der Waals surface area (Å²) in [5.74, 6) is 1.70. The fourth-order valence-corrected chi connectivity index (χ4v) is 3.37. The van der Waals surface area contributed by atoms with E-state index in [0.29, 0.717) is 6.04 Å². The van der Waals surface area contributed by atoms with Gasteiger partial charge in [-0.15, -0.1) is 0 Å². The molecule has 0 bridgehead atoms. The van der Waals surface area contributed by atoms with Crippen LogP contribution in [0, 0.1) is 5.92 Å². The molecule has 1 N–H and O–H groups in total. The average molecular weight is 279 g/mol. The molecule has 3 atom stereocenters. The molecule has 0 heterocycles. The lowest BCUT2D eigenvalue weighted by Gasteiger charge is -2.18. The minimum atomic E-state index is 0.508. The SMILES string of the molecule is CCNC(CCC1CC1c1ccccc1)c1ccccc1. The number of rotatable bonds is 7. The van der Waals surface area contributed by atoms with E-state index in [1.807, 2.05) is 0 Å². The molecule has 1 heteroatoms. The Hall–Kier alpha value is -1.60. The normalized spacial score (nSPS) is 22.0. The summed E-state index contributed by atoms with van der Waals surface area (Å²) in [5.41, 5.74) is 2.96. The molecule has 0 radical (unpaired) electrons. The Balaban J connectivity index is 1.54. The highest BCUT2D eigenvalue weighted by atomic mass is 14.9. The fraction of sp³-hybridized carbons (Fsp3) is 0.400. The summed E-state index contributed by atoms with van der Waals surface area (Å²) in [4.78, 5) is 0. The van der Waals surface area contributed by atoms with Crippen LogP contribution >= 0.6 is 0 Å². The van der Waals surface area contributed by atoms with Crippen LogP contribution in [0.1, 0.15) is 49.3 Å². The molecule has 0 aliphatic heterocycles. The quantitative estimate of drug-likeness (QED) is 0.758. The van der Waals surface area contributed by atoms with Crippen molar-refractivity contribution in [1.82, 2.24) is 5.32 Å². The zero-order valence-electron chi connectivity index (χ0n) is 12.8. The largest absolute Gasteiger partial charge is 0.310 e. The summed E-state index contributed by atoms with van der Waals surface area (Å²) in [6.45, 7) is 3.23. The molecule has 0 amide bonds. The molecular formula is C20H25N. The number of benzene rings is 2. The number of hydrogen-bond acceptors (Lipinski definition) is 1. The van der Waals surface area contributed by atoms with Crippen molar-refractivity contribution < 1.29 is 0 Å². The number of nitrogens with one attached hydrogen (secondary N) is 1. The first kappa shape index (κ1) is 14.3. The lowest BCUT2D eigenvalue weighted by atomic mass is 9.99. The Morgan fingerprint density at radius 1 is 1.00 bits per heavy atom. The molecule has 1 fully saturated rings. The topological polar surface area (TPSA) is 12.0 Å². The zero-order valence-corrected chi connectivity index (χ0v) is 12.8. The van der Waals surface area contributed by atoms with E-state index in [4.69, 9.17) is 0 Å². The van der Waals surface area contributed by atoms with Crippen molar-refractivity contribution in [2.45, 2.75) is 38.1 Å². The Bertz CT molecular complexity index is 534. The van der Waals surface area contributed by atoms with E-state index in [1.54, 1.807) is 0 Å². The molecule has 1 nitrogen and oxygen atoms in total. The van der Waals surface area contributed by atoms with Gasteiger partial charge in [0.15, 0.2) is 0 Å². The highest BCUT2D eigenvalue weighted by Crippen LogP contribution is 2.50. The first-order valence-corrected chi connectivity index (χ1v) is 8.21. The van der Waals surface area contributed by atoms with Crippen molar-refractivity contribution in [2.24, 2.45) is 5.92 Å². The van der Waals surface area contributed by atoms with Gasteiger partial charge in [0.2, 0.25) is 0 Å². The molecule has 2 aromatic rings. The molecule has 0 saturated heterocycles. The summed E-state index contributed by atoms with van der Waals surface area (Å²) < 4.78 is 0. The van der Waals surface area contributed by atoms with Gasteiger partial charge >= 0.3 is 0 Å². The monoisotopic (exact) mass is 279 g/mol. The van der Waals surface area contributed by atoms with Gasteiger partial charge in [0, 0.05) is 6.04 Å². The van der Waals surface area contributed by atoms with E-state index in [2.05, 4.69) is 72.9 Å². The minimum absolute atomic E-state index is 0.508. The molecule has 1 aliphatic carbocycles. The molecule has 3 unspecified atom stereocenters. The Morgan fingerprint density at radius 2 is 1.67 bits per heavy atom. The zero-order chi connectivity index (χ0) is 14.5. The van der Waals surface area contributed by atoms with Crippen LogP contribution in [0.2, 0.25) is 0 Å². The molecule has 0 aromatic heterocycles. The molecule has 21 heavy (non-hydrogen) atoms. The maximum absolute atomic E-state index is 3.64. The van der Waals surface area contributed by atoms with E-state index < -0.39 is 0 Å². The van der Waals surface area contributed by atoms with Crippen molar-refractivity contribution in [3.05, 3.63) is 71.8 Å². The van der Waals surface area contributed by atoms with Crippen LogP contribution in [0.25, 0.3) is 0 Å². The van der Waals surface area contributed by atoms with Gasteiger partial charge < -0.3 is 5.32 Å². The first-order chi connectivity index (χ1) is 10.4. The average Bonchev–Trinajstić information content (AvgIpc) is 3.33. The summed E-state index contributed by atoms with van der Waals surface area (Å²) in [5, 5.41) is 3.64. The van der Waals surface area contributed by atoms with Crippen LogP contribution in [-0.2, 0) is 0 Å². The van der Waals surface area contributed by atoms with E-state index in [-0.39, 0.29) is 0 Å². The first-order valence-electron chi connectivity index (χ1n) is 8.21. The summed E-state index contributed by atoms with van der Waals surface area (Å²) in [6.07, 6.45) is 3.94. The predicted octanol–water partition coefficient (Wildman–Crippen LogP) is 4.92. The van der Waals surface area contributed by atoms with Crippen molar-refractivity contribution in [3.63, 3.8) is 0 Å². The van der Waals surface area contributed by atoms with Gasteiger partial charge in [0.05, 0.1) is 0 Å². The minimum Gasteiger partial charge on any atom is -0.310 e. The van der Waals surface area contributed by atoms with Gasteiger partial charge in [-0.25, -0.2) is 0 Å². The summed E-state index contributed by atoms with van der Waals surface area (Å²) in [6, 6.07) is 22.4. The second-order valence-corrected chi connectivity index (χ2v) is 6.11. The van der Waals surface area contributed by atoms with Gasteiger partial charge in [-0.05, 0) is 48.8 Å². The molecule has 110 valence electrons. The Morgan fingerprint density at radius 3 is 2.33 bits per heavy atom. The van der Waals surface area contributed by atoms with E-state index in [9.17, 15) is 0 Å². The lowest BCUT2D eigenvalue weighted by Crippen LogP contribution is -2.20. The van der Waals surface area contributed by atoms with Crippen LogP contribution in [0.15, 0.2) is 60.7 Å². The van der Waals surface area contributed by atoms with Gasteiger partial charge in [0.25, 0.3) is 0 Å². The maximum atomic E-state index is 3.64.